The number of ketones is 1. The fraction of sp³-hybridized carbons (Fsp3) is 0.633. The first-order valence-corrected chi connectivity index (χ1v) is 14.4. The van der Waals surface area contributed by atoms with Crippen LogP contribution in [0.25, 0.3) is 10.2 Å². The smallest absolute Gasteiger partial charge is 0.309 e. The number of rotatable bonds is 3. The summed E-state index contributed by atoms with van der Waals surface area (Å²) in [7, 11) is 0. The second-order valence-corrected chi connectivity index (χ2v) is 13.1. The first kappa shape index (κ1) is 28.9. The van der Waals surface area contributed by atoms with Crippen molar-refractivity contribution in [2.24, 2.45) is 17.3 Å². The molecule has 7 atom stereocenters. The Hall–Kier alpha value is -2.13. The van der Waals surface area contributed by atoms with Crippen molar-refractivity contribution in [3.8, 4) is 0 Å². The highest BCUT2D eigenvalue weighted by Gasteiger charge is 2.53. The molecule has 0 amide bonds. The van der Waals surface area contributed by atoms with Crippen LogP contribution < -0.4 is 0 Å². The number of carbonyl (C=O) groups is 2. The summed E-state index contributed by atoms with van der Waals surface area (Å²) in [5, 5.41) is 23.2. The maximum Gasteiger partial charge on any atom is 0.309 e. The highest BCUT2D eigenvalue weighted by molar-refractivity contribution is 7.18. The molecule has 0 saturated carbocycles. The van der Waals surface area contributed by atoms with E-state index in [1.807, 2.05) is 32.0 Å². The van der Waals surface area contributed by atoms with Crippen LogP contribution >= 0.6 is 11.3 Å². The largest absolute Gasteiger partial charge is 0.457 e. The van der Waals surface area contributed by atoms with Crippen LogP contribution in [0.3, 0.4) is 0 Å². The quantitative estimate of drug-likeness (QED) is 0.301. The predicted molar refractivity (Wildman–Crippen MR) is 148 cm³/mol. The Kier molecular flexibility index (Phi) is 8.48. The van der Waals surface area contributed by atoms with Gasteiger partial charge in [0.25, 0.3) is 0 Å². The monoisotopic (exact) mass is 543 g/mol. The van der Waals surface area contributed by atoms with Crippen LogP contribution in [-0.4, -0.2) is 50.9 Å². The zero-order valence-corrected chi connectivity index (χ0v) is 23.9. The average molecular weight is 544 g/mol. The maximum absolute atomic E-state index is 13.6. The molecular weight excluding hydrogens is 502 g/mol. The van der Waals surface area contributed by atoms with Gasteiger partial charge in [-0.1, -0.05) is 39.3 Å². The van der Waals surface area contributed by atoms with Gasteiger partial charge in [-0.15, -0.1) is 17.9 Å². The summed E-state index contributed by atoms with van der Waals surface area (Å²) in [4.78, 5) is 31.3. The summed E-state index contributed by atoms with van der Waals surface area (Å²) in [5.41, 5.74) is 0.115. The number of aryl methyl sites for hydroxylation is 1. The summed E-state index contributed by atoms with van der Waals surface area (Å²) in [6.07, 6.45) is 1.71. The summed E-state index contributed by atoms with van der Waals surface area (Å²) in [6, 6.07) is 5.92. The first-order valence-electron chi connectivity index (χ1n) is 13.6. The van der Waals surface area contributed by atoms with Crippen LogP contribution in [0.15, 0.2) is 30.9 Å². The Bertz CT molecular complexity index is 1190. The van der Waals surface area contributed by atoms with Gasteiger partial charge in [-0.25, -0.2) is 4.98 Å². The van der Waals surface area contributed by atoms with Crippen molar-refractivity contribution in [1.82, 2.24) is 4.98 Å². The number of cyclic esters (lactones) is 1. The molecule has 2 aliphatic rings. The summed E-state index contributed by atoms with van der Waals surface area (Å²) in [5.74, 6) is -1.68. The van der Waals surface area contributed by atoms with Gasteiger partial charge >= 0.3 is 5.97 Å². The Balaban J connectivity index is 1.63. The normalized spacial score (nSPS) is 34.9. The molecule has 4 rings (SSSR count). The molecule has 0 spiro atoms. The minimum atomic E-state index is -1.27. The van der Waals surface area contributed by atoms with Crippen molar-refractivity contribution in [1.29, 1.82) is 0 Å². The molecule has 2 N–H and O–H groups in total. The van der Waals surface area contributed by atoms with Crippen LogP contribution in [0.2, 0.25) is 0 Å². The number of fused-ring (bicyclic) bond motifs is 2. The van der Waals surface area contributed by atoms with Gasteiger partial charge in [0.05, 0.1) is 51.0 Å². The third kappa shape index (κ3) is 6.03. The number of aliphatic hydroxyl groups excluding tert-OH is 2. The Morgan fingerprint density at radius 2 is 1.97 bits per heavy atom. The van der Waals surface area contributed by atoms with E-state index in [2.05, 4.69) is 18.5 Å². The Morgan fingerprint density at radius 3 is 2.68 bits per heavy atom. The summed E-state index contributed by atoms with van der Waals surface area (Å²) < 4.78 is 13.2. The van der Waals surface area contributed by atoms with E-state index in [-0.39, 0.29) is 29.8 Å². The van der Waals surface area contributed by atoms with E-state index in [0.29, 0.717) is 12.8 Å². The number of thiazole rings is 1. The molecule has 38 heavy (non-hydrogen) atoms. The van der Waals surface area contributed by atoms with Gasteiger partial charge in [-0.05, 0) is 56.7 Å². The molecule has 2 aromatic rings. The zero-order chi connectivity index (χ0) is 27.8. The van der Waals surface area contributed by atoms with E-state index in [4.69, 9.17) is 9.47 Å². The van der Waals surface area contributed by atoms with Crippen molar-refractivity contribution in [3.63, 3.8) is 0 Å². The first-order chi connectivity index (χ1) is 17.9. The third-order valence-electron chi connectivity index (χ3n) is 8.54. The molecular formula is C30H41NO6S. The molecule has 2 fully saturated rings. The molecule has 3 heterocycles. The van der Waals surface area contributed by atoms with E-state index < -0.39 is 35.6 Å². The second-order valence-electron chi connectivity index (χ2n) is 11.9. The number of Topliss-reactive ketones (excluding diaryl/α,β-unsaturated/α-hetero) is 1. The van der Waals surface area contributed by atoms with Crippen molar-refractivity contribution >= 4 is 33.3 Å². The molecule has 208 valence electrons. The lowest BCUT2D eigenvalue weighted by Crippen LogP contribution is -2.46. The van der Waals surface area contributed by atoms with Crippen molar-refractivity contribution in [3.05, 3.63) is 41.4 Å². The number of aliphatic hydroxyl groups is 2. The molecule has 0 radical (unpaired) electrons. The fourth-order valence-corrected chi connectivity index (χ4v) is 6.51. The van der Waals surface area contributed by atoms with E-state index in [1.54, 1.807) is 31.3 Å². The van der Waals surface area contributed by atoms with Gasteiger partial charge in [0.2, 0.25) is 0 Å². The van der Waals surface area contributed by atoms with E-state index in [0.717, 1.165) is 40.1 Å². The number of hydrogen-bond donors (Lipinski definition) is 2. The summed E-state index contributed by atoms with van der Waals surface area (Å²) >= 11 is 1.61. The fourth-order valence-electron chi connectivity index (χ4n) is 5.70. The van der Waals surface area contributed by atoms with Gasteiger partial charge in [-0.3, -0.25) is 9.59 Å². The summed E-state index contributed by atoms with van der Waals surface area (Å²) in [6.45, 7) is 13.0. The molecule has 3 unspecified atom stereocenters. The average Bonchev–Trinajstić information content (AvgIpc) is 3.32. The van der Waals surface area contributed by atoms with Gasteiger partial charge in [-0.2, -0.15) is 0 Å². The number of nitrogens with zero attached hydrogens (tertiary/aromatic N) is 1. The number of allylic oxidation sites excluding steroid dienone is 1. The number of carbonyl (C=O) groups excluding carboxylic acids is 2. The molecule has 8 heteroatoms. The maximum atomic E-state index is 13.6. The lowest BCUT2D eigenvalue weighted by molar-refractivity contribution is -0.156. The molecule has 2 saturated heterocycles. The van der Waals surface area contributed by atoms with Crippen LogP contribution in [-0.2, 0) is 19.1 Å². The number of ether oxygens (including phenoxy) is 2. The molecule has 0 aliphatic carbocycles. The van der Waals surface area contributed by atoms with Gasteiger partial charge in [0.15, 0.2) is 0 Å². The number of esters is 1. The number of aromatic nitrogens is 1. The van der Waals surface area contributed by atoms with Crippen LogP contribution in [0.4, 0.5) is 0 Å². The van der Waals surface area contributed by atoms with Crippen LogP contribution in [0.5, 0.6) is 0 Å². The molecule has 1 aromatic carbocycles. The van der Waals surface area contributed by atoms with Crippen LogP contribution in [0.1, 0.15) is 82.9 Å². The van der Waals surface area contributed by atoms with Gasteiger partial charge in [0, 0.05) is 12.3 Å². The Morgan fingerprint density at radius 1 is 1.24 bits per heavy atom. The van der Waals surface area contributed by atoms with E-state index in [9.17, 15) is 19.8 Å². The topological polar surface area (TPSA) is 109 Å². The Labute approximate surface area is 229 Å². The second kappa shape index (κ2) is 11.2. The zero-order valence-electron chi connectivity index (χ0n) is 23.1. The number of hydrogen-bond acceptors (Lipinski definition) is 8. The van der Waals surface area contributed by atoms with E-state index in [1.165, 1.54) is 0 Å². The standard InChI is InChI=1S/C30H41NO6S/c1-7-9-20-27(34)17(2)10-8-13-30(6)25(37-30)15-22(19-11-12-23-21(14-19)31-18(3)38-23)36-26(33)16-24(32)29(4,5)28(20)35/h7,11-12,14,17,20,22,24-25,27,32,34H,1,8-10,13,15-16H2,2-6H3/t17-,20+,22?,24-,25+,27?,30?/m0/s1. The van der Waals surface area contributed by atoms with Crippen molar-refractivity contribution < 1.29 is 29.3 Å². The molecule has 7 nitrogen and oxygen atoms in total. The van der Waals surface area contributed by atoms with Crippen molar-refractivity contribution in [2.45, 2.75) is 103 Å². The number of benzene rings is 1. The minimum Gasteiger partial charge on any atom is -0.457 e. The highest BCUT2D eigenvalue weighted by atomic mass is 32.1. The molecule has 2 aliphatic heterocycles. The number of epoxide rings is 1. The molecule has 0 bridgehead atoms. The molecule has 1 aromatic heterocycles. The lowest BCUT2D eigenvalue weighted by atomic mass is 9.71. The SMILES string of the molecule is C=CC[C@H]1C(=O)C(C)(C)[C@@H](O)CC(=O)OC(c2ccc3sc(C)nc3c2)C[C@H]2OC2(C)CCC[C@H](C)C1O. The highest BCUT2D eigenvalue weighted by Crippen LogP contribution is 2.47. The lowest BCUT2D eigenvalue weighted by Gasteiger charge is -2.35. The van der Waals surface area contributed by atoms with Crippen LogP contribution in [0, 0.1) is 24.2 Å². The van der Waals surface area contributed by atoms with Crippen molar-refractivity contribution in [2.75, 3.05) is 0 Å². The van der Waals surface area contributed by atoms with Gasteiger partial charge in [0.1, 0.15) is 11.9 Å². The minimum absolute atomic E-state index is 0.0715. The van der Waals surface area contributed by atoms with Gasteiger partial charge < -0.3 is 19.7 Å². The third-order valence-corrected chi connectivity index (χ3v) is 9.49. The van der Waals surface area contributed by atoms with E-state index >= 15 is 0 Å². The predicted octanol–water partition coefficient (Wildman–Crippen LogP) is 5.46.